The molecule has 0 spiro atoms. The number of methoxy groups -OCH3 is 1. The molecule has 142 valence electrons. The molecule has 2 rings (SSSR count). The summed E-state index contributed by atoms with van der Waals surface area (Å²) in [7, 11) is 1.74. The Balaban J connectivity index is 1.79. The maximum atomic E-state index is 5.95. The summed E-state index contributed by atoms with van der Waals surface area (Å²) in [6.45, 7) is 9.70. The third-order valence-corrected chi connectivity index (χ3v) is 5.57. The fraction of sp³-hybridized carbons (Fsp3) is 0.737. The molecule has 1 N–H and O–H groups in total. The number of hydrogen-bond donors (Lipinski definition) is 1. The summed E-state index contributed by atoms with van der Waals surface area (Å²) in [6.07, 6.45) is 3.48. The summed E-state index contributed by atoms with van der Waals surface area (Å²) in [6, 6.07) is 4.31. The second-order valence-corrected chi connectivity index (χ2v) is 7.49. The lowest BCUT2D eigenvalue weighted by molar-refractivity contribution is 0.00990. The SMILES string of the molecule is CCNC(=NCC(C)c1cccs1)N1CCC(OCCCOC)CC1. The van der Waals surface area contributed by atoms with E-state index in [0.29, 0.717) is 12.0 Å². The average Bonchev–Trinajstić information content (AvgIpc) is 3.17. The van der Waals surface area contributed by atoms with Crippen LogP contribution in [0.1, 0.15) is 43.9 Å². The molecule has 1 aromatic rings. The Labute approximate surface area is 156 Å². The summed E-state index contributed by atoms with van der Waals surface area (Å²) in [5, 5.41) is 5.59. The molecule has 0 amide bonds. The molecule has 0 bridgehead atoms. The number of ether oxygens (including phenoxy) is 2. The first-order valence-electron chi connectivity index (χ1n) is 9.41. The zero-order valence-electron chi connectivity index (χ0n) is 15.9. The van der Waals surface area contributed by atoms with Crippen molar-refractivity contribution in [2.24, 2.45) is 4.99 Å². The number of rotatable bonds is 9. The Bertz CT molecular complexity index is 485. The fourth-order valence-electron chi connectivity index (χ4n) is 3.00. The second-order valence-electron chi connectivity index (χ2n) is 6.51. The predicted octanol–water partition coefficient (Wildman–Crippen LogP) is 3.33. The molecule has 1 aliphatic rings. The minimum absolute atomic E-state index is 0.376. The van der Waals surface area contributed by atoms with Crippen LogP contribution >= 0.6 is 11.3 Å². The van der Waals surface area contributed by atoms with E-state index < -0.39 is 0 Å². The van der Waals surface area contributed by atoms with Crippen molar-refractivity contribution in [1.82, 2.24) is 10.2 Å². The van der Waals surface area contributed by atoms with E-state index in [-0.39, 0.29) is 0 Å². The molecule has 1 atom stereocenters. The highest BCUT2D eigenvalue weighted by atomic mass is 32.1. The van der Waals surface area contributed by atoms with Crippen LogP contribution in [0.4, 0.5) is 0 Å². The van der Waals surface area contributed by atoms with E-state index in [4.69, 9.17) is 14.5 Å². The van der Waals surface area contributed by atoms with Crippen LogP contribution < -0.4 is 5.32 Å². The number of hydrogen-bond acceptors (Lipinski definition) is 4. The number of thiophene rings is 1. The molecule has 0 aliphatic carbocycles. The summed E-state index contributed by atoms with van der Waals surface area (Å²) >= 11 is 1.81. The van der Waals surface area contributed by atoms with Gasteiger partial charge in [0.05, 0.1) is 12.6 Å². The monoisotopic (exact) mass is 367 g/mol. The Morgan fingerprint density at radius 1 is 1.40 bits per heavy atom. The Morgan fingerprint density at radius 2 is 2.20 bits per heavy atom. The lowest BCUT2D eigenvalue weighted by atomic mass is 10.1. The van der Waals surface area contributed by atoms with Gasteiger partial charge in [-0.15, -0.1) is 11.3 Å². The number of nitrogens with zero attached hydrogens (tertiary/aromatic N) is 2. The molecular weight excluding hydrogens is 334 g/mol. The highest BCUT2D eigenvalue weighted by Crippen LogP contribution is 2.21. The third-order valence-electron chi connectivity index (χ3n) is 4.47. The van der Waals surface area contributed by atoms with Crippen LogP contribution in [0.2, 0.25) is 0 Å². The topological polar surface area (TPSA) is 46.1 Å². The van der Waals surface area contributed by atoms with E-state index >= 15 is 0 Å². The molecule has 1 fully saturated rings. The molecule has 5 nitrogen and oxygen atoms in total. The van der Waals surface area contributed by atoms with Gasteiger partial charge < -0.3 is 19.7 Å². The van der Waals surface area contributed by atoms with Crippen molar-refractivity contribution in [3.63, 3.8) is 0 Å². The van der Waals surface area contributed by atoms with Crippen LogP contribution in [-0.2, 0) is 9.47 Å². The zero-order chi connectivity index (χ0) is 17.9. The smallest absolute Gasteiger partial charge is 0.193 e. The van der Waals surface area contributed by atoms with Crippen molar-refractivity contribution in [2.75, 3.05) is 46.5 Å². The molecule has 1 unspecified atom stereocenters. The van der Waals surface area contributed by atoms with Gasteiger partial charge in [-0.05, 0) is 37.6 Å². The Kier molecular flexibility index (Phi) is 9.29. The van der Waals surface area contributed by atoms with Crippen molar-refractivity contribution in [2.45, 2.75) is 45.1 Å². The average molecular weight is 368 g/mol. The zero-order valence-corrected chi connectivity index (χ0v) is 16.7. The summed E-state index contributed by atoms with van der Waals surface area (Å²) < 4.78 is 11.0. The van der Waals surface area contributed by atoms with E-state index in [1.807, 2.05) is 11.3 Å². The van der Waals surface area contributed by atoms with Crippen LogP contribution in [-0.4, -0.2) is 63.5 Å². The summed E-state index contributed by atoms with van der Waals surface area (Å²) in [5.41, 5.74) is 0. The lowest BCUT2D eigenvalue weighted by Crippen LogP contribution is -2.47. The van der Waals surface area contributed by atoms with Crippen molar-refractivity contribution in [1.29, 1.82) is 0 Å². The molecule has 6 heteroatoms. The molecular formula is C19H33N3O2S. The number of piperidine rings is 1. The molecule has 0 aromatic carbocycles. The molecule has 1 saturated heterocycles. The highest BCUT2D eigenvalue weighted by molar-refractivity contribution is 7.10. The van der Waals surface area contributed by atoms with Gasteiger partial charge in [0.15, 0.2) is 5.96 Å². The maximum absolute atomic E-state index is 5.95. The van der Waals surface area contributed by atoms with Crippen molar-refractivity contribution in [3.05, 3.63) is 22.4 Å². The Morgan fingerprint density at radius 3 is 2.84 bits per heavy atom. The van der Waals surface area contributed by atoms with Gasteiger partial charge >= 0.3 is 0 Å². The van der Waals surface area contributed by atoms with E-state index in [2.05, 4.69) is 41.6 Å². The van der Waals surface area contributed by atoms with Crippen LogP contribution in [0.3, 0.4) is 0 Å². The molecule has 0 radical (unpaired) electrons. The largest absolute Gasteiger partial charge is 0.385 e. The second kappa shape index (κ2) is 11.5. The summed E-state index contributed by atoms with van der Waals surface area (Å²) in [5.74, 6) is 1.51. The van der Waals surface area contributed by atoms with Gasteiger partial charge in [0.2, 0.25) is 0 Å². The van der Waals surface area contributed by atoms with Crippen LogP contribution in [0, 0.1) is 0 Å². The van der Waals surface area contributed by atoms with Crippen LogP contribution in [0.15, 0.2) is 22.5 Å². The van der Waals surface area contributed by atoms with Gasteiger partial charge in [0.25, 0.3) is 0 Å². The van der Waals surface area contributed by atoms with Crippen molar-refractivity contribution >= 4 is 17.3 Å². The number of guanidine groups is 1. The maximum Gasteiger partial charge on any atom is 0.193 e. The normalized spacial score (nSPS) is 17.7. The highest BCUT2D eigenvalue weighted by Gasteiger charge is 2.22. The van der Waals surface area contributed by atoms with E-state index in [9.17, 15) is 0 Å². The standard InChI is InChI=1S/C19H33N3O2S/c1-4-20-19(21-15-16(2)18-7-5-14-25-18)22-10-8-17(9-11-22)24-13-6-12-23-3/h5,7,14,16-17H,4,6,8-13,15H2,1-3H3,(H,20,21). The van der Waals surface area contributed by atoms with E-state index in [0.717, 1.165) is 64.6 Å². The molecule has 0 saturated carbocycles. The summed E-state index contributed by atoms with van der Waals surface area (Å²) in [4.78, 5) is 8.67. The first-order chi connectivity index (χ1) is 12.2. The fourth-order valence-corrected chi connectivity index (χ4v) is 3.78. The number of aliphatic imine (C=N–C) groups is 1. The van der Waals surface area contributed by atoms with Crippen LogP contribution in [0.5, 0.6) is 0 Å². The van der Waals surface area contributed by atoms with Gasteiger partial charge in [-0.2, -0.15) is 0 Å². The van der Waals surface area contributed by atoms with Gasteiger partial charge in [-0.3, -0.25) is 4.99 Å². The number of likely N-dealkylation sites (tertiary alicyclic amines) is 1. The Hall–Kier alpha value is -1.11. The van der Waals surface area contributed by atoms with Crippen molar-refractivity contribution < 1.29 is 9.47 Å². The van der Waals surface area contributed by atoms with Gasteiger partial charge in [-0.25, -0.2) is 0 Å². The lowest BCUT2D eigenvalue weighted by Gasteiger charge is -2.34. The van der Waals surface area contributed by atoms with E-state index in [1.54, 1.807) is 7.11 Å². The minimum Gasteiger partial charge on any atom is -0.385 e. The van der Waals surface area contributed by atoms with Crippen molar-refractivity contribution in [3.8, 4) is 0 Å². The molecule has 25 heavy (non-hydrogen) atoms. The van der Waals surface area contributed by atoms with Gasteiger partial charge in [-0.1, -0.05) is 13.0 Å². The molecule has 1 aliphatic heterocycles. The van der Waals surface area contributed by atoms with Crippen LogP contribution in [0.25, 0.3) is 0 Å². The third kappa shape index (κ3) is 6.96. The molecule has 2 heterocycles. The van der Waals surface area contributed by atoms with E-state index in [1.165, 1.54) is 4.88 Å². The first kappa shape index (κ1) is 20.2. The predicted molar refractivity (Wildman–Crippen MR) is 106 cm³/mol. The quantitative estimate of drug-likeness (QED) is 0.413. The first-order valence-corrected chi connectivity index (χ1v) is 10.3. The number of nitrogens with one attached hydrogen (secondary N) is 1. The minimum atomic E-state index is 0.376. The van der Waals surface area contributed by atoms with Gasteiger partial charge in [0.1, 0.15) is 0 Å². The van der Waals surface area contributed by atoms with Gasteiger partial charge in [0, 0.05) is 50.8 Å². The molecule has 1 aromatic heterocycles.